The zero-order valence-electron chi connectivity index (χ0n) is 5.68. The van der Waals surface area contributed by atoms with E-state index < -0.39 is 6.03 Å². The molecule has 3 amide bonds. The number of imide groups is 1. The van der Waals surface area contributed by atoms with Crippen LogP contribution >= 0.6 is 0 Å². The lowest BCUT2D eigenvalue weighted by molar-refractivity contribution is -0.118. The SMILES string of the molecule is CCC1=NC(=O)NC(=O)C1. The molecule has 10 heavy (non-hydrogen) atoms. The number of carbonyl (C=O) groups excluding carboxylic acids is 2. The minimum Gasteiger partial charge on any atom is -0.276 e. The Morgan fingerprint density at radius 3 is 2.80 bits per heavy atom. The van der Waals surface area contributed by atoms with Crippen molar-refractivity contribution in [3.05, 3.63) is 0 Å². The standard InChI is InChI=1S/C6H8N2O2/c1-2-4-3-5(9)8-6(10)7-4/h2-3H2,1H3,(H,8,9,10). The van der Waals surface area contributed by atoms with Gasteiger partial charge in [0, 0.05) is 5.71 Å². The summed E-state index contributed by atoms with van der Waals surface area (Å²) in [6.07, 6.45) is 0.932. The highest BCUT2D eigenvalue weighted by molar-refractivity contribution is 6.14. The van der Waals surface area contributed by atoms with E-state index in [1.54, 1.807) is 0 Å². The topological polar surface area (TPSA) is 58.5 Å². The molecule has 1 aliphatic heterocycles. The van der Waals surface area contributed by atoms with Crippen LogP contribution in [0.3, 0.4) is 0 Å². The fraction of sp³-hybridized carbons (Fsp3) is 0.500. The van der Waals surface area contributed by atoms with Gasteiger partial charge in [-0.2, -0.15) is 0 Å². The number of urea groups is 1. The van der Waals surface area contributed by atoms with E-state index in [1.165, 1.54) is 0 Å². The van der Waals surface area contributed by atoms with Gasteiger partial charge in [-0.3, -0.25) is 10.1 Å². The molecule has 0 aromatic carbocycles. The van der Waals surface area contributed by atoms with Crippen LogP contribution in [0, 0.1) is 0 Å². The first kappa shape index (κ1) is 6.92. The summed E-state index contributed by atoms with van der Waals surface area (Å²) >= 11 is 0. The van der Waals surface area contributed by atoms with Gasteiger partial charge in [0.25, 0.3) is 0 Å². The van der Waals surface area contributed by atoms with Crippen molar-refractivity contribution in [1.82, 2.24) is 5.32 Å². The Morgan fingerprint density at radius 1 is 1.60 bits per heavy atom. The summed E-state index contributed by atoms with van der Waals surface area (Å²) in [5, 5.41) is 2.08. The van der Waals surface area contributed by atoms with E-state index in [-0.39, 0.29) is 12.3 Å². The summed E-state index contributed by atoms with van der Waals surface area (Å²) in [7, 11) is 0. The Bertz CT molecular complexity index is 208. The fourth-order valence-corrected chi connectivity index (χ4v) is 0.764. The Hall–Kier alpha value is -1.19. The Kier molecular flexibility index (Phi) is 1.80. The Labute approximate surface area is 58.3 Å². The number of carbonyl (C=O) groups is 2. The molecule has 4 heteroatoms. The monoisotopic (exact) mass is 140 g/mol. The maximum absolute atomic E-state index is 10.6. The molecule has 0 fully saturated rings. The smallest absolute Gasteiger partial charge is 0.276 e. The first-order valence-electron chi connectivity index (χ1n) is 3.12. The van der Waals surface area contributed by atoms with Crippen LogP contribution < -0.4 is 5.32 Å². The number of rotatable bonds is 1. The summed E-state index contributed by atoms with van der Waals surface area (Å²) in [6, 6.07) is -0.534. The van der Waals surface area contributed by atoms with Gasteiger partial charge >= 0.3 is 6.03 Å². The number of hydrogen-bond acceptors (Lipinski definition) is 2. The molecule has 1 aliphatic rings. The molecule has 0 atom stereocenters. The second-order valence-corrected chi connectivity index (χ2v) is 2.06. The van der Waals surface area contributed by atoms with Crippen molar-refractivity contribution in [2.45, 2.75) is 19.8 Å². The van der Waals surface area contributed by atoms with Crippen LogP contribution in [0.1, 0.15) is 19.8 Å². The zero-order valence-corrected chi connectivity index (χ0v) is 5.68. The van der Waals surface area contributed by atoms with E-state index in [4.69, 9.17) is 0 Å². The molecule has 1 rings (SSSR count). The summed E-state index contributed by atoms with van der Waals surface area (Å²) in [4.78, 5) is 24.8. The minimum absolute atomic E-state index is 0.253. The first-order valence-corrected chi connectivity index (χ1v) is 3.12. The lowest BCUT2D eigenvalue weighted by atomic mass is 10.2. The van der Waals surface area contributed by atoms with Crippen molar-refractivity contribution in [2.75, 3.05) is 0 Å². The van der Waals surface area contributed by atoms with Gasteiger partial charge in [0.05, 0.1) is 6.42 Å². The van der Waals surface area contributed by atoms with Gasteiger partial charge in [0.1, 0.15) is 0 Å². The minimum atomic E-state index is -0.534. The summed E-state index contributed by atoms with van der Waals surface area (Å²) in [6.45, 7) is 1.87. The van der Waals surface area contributed by atoms with E-state index in [0.29, 0.717) is 12.1 Å². The molecule has 54 valence electrons. The van der Waals surface area contributed by atoms with Crippen molar-refractivity contribution in [1.29, 1.82) is 0 Å². The zero-order chi connectivity index (χ0) is 7.56. The van der Waals surface area contributed by atoms with E-state index >= 15 is 0 Å². The molecule has 0 radical (unpaired) electrons. The van der Waals surface area contributed by atoms with Crippen molar-refractivity contribution in [3.8, 4) is 0 Å². The van der Waals surface area contributed by atoms with Gasteiger partial charge in [-0.05, 0) is 6.42 Å². The van der Waals surface area contributed by atoms with Crippen LogP contribution in [0.5, 0.6) is 0 Å². The average Bonchev–Trinajstić information content (AvgIpc) is 1.85. The van der Waals surface area contributed by atoms with Crippen LogP contribution in [0.2, 0.25) is 0 Å². The highest BCUT2D eigenvalue weighted by Gasteiger charge is 2.15. The first-order chi connectivity index (χ1) is 4.72. The molecule has 0 aliphatic carbocycles. The highest BCUT2D eigenvalue weighted by Crippen LogP contribution is 1.98. The van der Waals surface area contributed by atoms with Crippen molar-refractivity contribution in [2.24, 2.45) is 4.99 Å². The van der Waals surface area contributed by atoms with Gasteiger partial charge in [-0.25, -0.2) is 9.79 Å². The lowest BCUT2D eigenvalue weighted by Gasteiger charge is -2.08. The Morgan fingerprint density at radius 2 is 2.30 bits per heavy atom. The molecule has 0 unspecified atom stereocenters. The highest BCUT2D eigenvalue weighted by atomic mass is 16.2. The maximum Gasteiger partial charge on any atom is 0.347 e. The van der Waals surface area contributed by atoms with E-state index in [1.807, 2.05) is 6.92 Å². The average molecular weight is 140 g/mol. The van der Waals surface area contributed by atoms with Crippen LogP contribution in [0.15, 0.2) is 4.99 Å². The lowest BCUT2D eigenvalue weighted by Crippen LogP contribution is -2.34. The normalized spacial score (nSPS) is 18.3. The van der Waals surface area contributed by atoms with Crippen molar-refractivity contribution >= 4 is 17.6 Å². The van der Waals surface area contributed by atoms with Crippen molar-refractivity contribution < 1.29 is 9.59 Å². The quantitative estimate of drug-likeness (QED) is 0.575. The number of aliphatic imine (C=N–C) groups is 1. The number of nitrogens with zero attached hydrogens (tertiary/aromatic N) is 1. The van der Waals surface area contributed by atoms with Gasteiger partial charge in [0.15, 0.2) is 0 Å². The van der Waals surface area contributed by atoms with E-state index in [9.17, 15) is 9.59 Å². The van der Waals surface area contributed by atoms with Crippen LogP contribution in [-0.2, 0) is 4.79 Å². The molecule has 0 saturated carbocycles. The predicted octanol–water partition coefficient (Wildman–Crippen LogP) is 0.477. The van der Waals surface area contributed by atoms with E-state index in [0.717, 1.165) is 0 Å². The summed E-state index contributed by atoms with van der Waals surface area (Å²) < 4.78 is 0. The van der Waals surface area contributed by atoms with Crippen LogP contribution in [0.4, 0.5) is 4.79 Å². The summed E-state index contributed by atoms with van der Waals surface area (Å²) in [5.41, 5.74) is 0.661. The van der Waals surface area contributed by atoms with Crippen LogP contribution in [-0.4, -0.2) is 17.6 Å². The fourth-order valence-electron chi connectivity index (χ4n) is 0.764. The van der Waals surface area contributed by atoms with Gasteiger partial charge in [-0.1, -0.05) is 6.92 Å². The molecule has 1 N–H and O–H groups in total. The number of nitrogens with one attached hydrogen (secondary N) is 1. The van der Waals surface area contributed by atoms with Gasteiger partial charge in [-0.15, -0.1) is 0 Å². The molecule has 0 saturated heterocycles. The maximum atomic E-state index is 10.6. The number of hydrogen-bond donors (Lipinski definition) is 1. The second-order valence-electron chi connectivity index (χ2n) is 2.06. The van der Waals surface area contributed by atoms with Crippen molar-refractivity contribution in [3.63, 3.8) is 0 Å². The molecule has 4 nitrogen and oxygen atoms in total. The Balaban J connectivity index is 2.74. The van der Waals surface area contributed by atoms with Gasteiger partial charge < -0.3 is 0 Å². The third-order valence-corrected chi connectivity index (χ3v) is 1.28. The largest absolute Gasteiger partial charge is 0.347 e. The predicted molar refractivity (Wildman–Crippen MR) is 35.9 cm³/mol. The third kappa shape index (κ3) is 1.40. The summed E-state index contributed by atoms with van der Waals surface area (Å²) in [5.74, 6) is -0.253. The second kappa shape index (κ2) is 2.60. The molecular weight excluding hydrogens is 132 g/mol. The molecular formula is C6H8N2O2. The number of amides is 3. The van der Waals surface area contributed by atoms with E-state index in [2.05, 4.69) is 10.3 Å². The van der Waals surface area contributed by atoms with Crippen LogP contribution in [0.25, 0.3) is 0 Å². The molecule has 0 aromatic rings. The third-order valence-electron chi connectivity index (χ3n) is 1.28. The molecule has 1 heterocycles. The molecule has 0 aromatic heterocycles. The van der Waals surface area contributed by atoms with Gasteiger partial charge in [0.2, 0.25) is 5.91 Å². The molecule has 0 bridgehead atoms. The molecule has 0 spiro atoms.